The van der Waals surface area contributed by atoms with E-state index in [0.717, 1.165) is 10.9 Å². The number of guanidine groups is 1. The molecule has 26 heavy (non-hydrogen) atoms. The molecule has 0 aliphatic heterocycles. The molecule has 1 heterocycles. The normalized spacial score (nSPS) is 11.3. The van der Waals surface area contributed by atoms with Crippen molar-refractivity contribution in [2.45, 2.75) is 19.4 Å². The number of hydrogen-bond donors (Lipinski definition) is 3. The van der Waals surface area contributed by atoms with Gasteiger partial charge in [-0.05, 0) is 42.7 Å². The average molecular weight is 425 g/mol. The second kappa shape index (κ2) is 10.6. The number of aryl methyl sites for hydroxylation is 1. The Hall–Kier alpha value is -2.35. The second-order valence-electron chi connectivity index (χ2n) is 5.55. The summed E-state index contributed by atoms with van der Waals surface area (Å²) in [6, 6.07) is 8.63. The summed E-state index contributed by atoms with van der Waals surface area (Å²) in [5, 5.41) is 8.78. The molecule has 0 bridgehead atoms. The zero-order valence-electron chi connectivity index (χ0n) is 14.5. The molecule has 0 aliphatic rings. The molecule has 1 aromatic heterocycles. The van der Waals surface area contributed by atoms with Crippen molar-refractivity contribution >= 4 is 27.8 Å². The summed E-state index contributed by atoms with van der Waals surface area (Å²) >= 11 is 3.24. The summed E-state index contributed by atoms with van der Waals surface area (Å²) in [5.41, 5.74) is 0.676. The minimum Gasteiger partial charge on any atom is -0.467 e. The standard InChI is InChI=1S/C18H22BrFN4O2/c1-21-18(24-12-17(25)23-11-15-5-3-9-26-15)22-8-2-4-13-6-7-14(19)10-16(13)20/h3,5-7,9-10H,2,4,8,11-12H2,1H3,(H,23,25)(H2,21,22,24). The van der Waals surface area contributed by atoms with E-state index in [-0.39, 0.29) is 18.3 Å². The summed E-state index contributed by atoms with van der Waals surface area (Å²) in [4.78, 5) is 15.9. The third-order valence-corrected chi connectivity index (χ3v) is 4.10. The molecular formula is C18H22BrFN4O2. The molecule has 8 heteroatoms. The van der Waals surface area contributed by atoms with E-state index < -0.39 is 0 Å². The molecule has 0 spiro atoms. The first-order chi connectivity index (χ1) is 12.6. The Morgan fingerprint density at radius 3 is 2.81 bits per heavy atom. The van der Waals surface area contributed by atoms with Crippen LogP contribution in [0.4, 0.5) is 4.39 Å². The highest BCUT2D eigenvalue weighted by molar-refractivity contribution is 9.10. The van der Waals surface area contributed by atoms with Crippen molar-refractivity contribution in [3.05, 3.63) is 58.2 Å². The third kappa shape index (κ3) is 6.87. The fourth-order valence-electron chi connectivity index (χ4n) is 2.26. The predicted octanol–water partition coefficient (Wildman–Crippen LogP) is 2.60. The quantitative estimate of drug-likeness (QED) is 0.345. The Morgan fingerprint density at radius 2 is 2.12 bits per heavy atom. The number of carbonyl (C=O) groups is 1. The van der Waals surface area contributed by atoms with Crippen LogP contribution in [0.5, 0.6) is 0 Å². The second-order valence-corrected chi connectivity index (χ2v) is 6.46. The van der Waals surface area contributed by atoms with Gasteiger partial charge in [0.2, 0.25) is 5.91 Å². The van der Waals surface area contributed by atoms with Gasteiger partial charge in [0.1, 0.15) is 11.6 Å². The minimum atomic E-state index is -0.213. The van der Waals surface area contributed by atoms with Gasteiger partial charge in [0, 0.05) is 18.1 Å². The number of amides is 1. The predicted molar refractivity (Wildman–Crippen MR) is 102 cm³/mol. The van der Waals surface area contributed by atoms with Gasteiger partial charge in [-0.3, -0.25) is 9.79 Å². The molecule has 1 aromatic carbocycles. The molecule has 2 aromatic rings. The first-order valence-electron chi connectivity index (χ1n) is 8.26. The molecular weight excluding hydrogens is 403 g/mol. The van der Waals surface area contributed by atoms with Crippen molar-refractivity contribution in [1.82, 2.24) is 16.0 Å². The lowest BCUT2D eigenvalue weighted by molar-refractivity contribution is -0.120. The number of rotatable bonds is 8. The Bertz CT molecular complexity index is 735. The number of nitrogens with zero attached hydrogens (tertiary/aromatic N) is 1. The molecule has 0 saturated carbocycles. The van der Waals surface area contributed by atoms with E-state index in [2.05, 4.69) is 36.9 Å². The lowest BCUT2D eigenvalue weighted by Crippen LogP contribution is -2.43. The summed E-state index contributed by atoms with van der Waals surface area (Å²) in [6.45, 7) is 1.06. The van der Waals surface area contributed by atoms with E-state index in [4.69, 9.17) is 4.42 Å². The summed E-state index contributed by atoms with van der Waals surface area (Å²) < 4.78 is 19.6. The average Bonchev–Trinajstić information content (AvgIpc) is 3.14. The van der Waals surface area contributed by atoms with Gasteiger partial charge >= 0.3 is 0 Å². The Balaban J connectivity index is 1.63. The first-order valence-corrected chi connectivity index (χ1v) is 9.05. The van der Waals surface area contributed by atoms with Crippen LogP contribution in [0.25, 0.3) is 0 Å². The highest BCUT2D eigenvalue weighted by Crippen LogP contribution is 2.16. The van der Waals surface area contributed by atoms with Crippen LogP contribution < -0.4 is 16.0 Å². The largest absolute Gasteiger partial charge is 0.467 e. The van der Waals surface area contributed by atoms with E-state index in [1.807, 2.05) is 6.07 Å². The minimum absolute atomic E-state index is 0.0989. The van der Waals surface area contributed by atoms with Crippen molar-refractivity contribution < 1.29 is 13.6 Å². The summed E-state index contributed by atoms with van der Waals surface area (Å²) in [5.74, 6) is 0.840. The lowest BCUT2D eigenvalue weighted by Gasteiger charge is -2.12. The van der Waals surface area contributed by atoms with Gasteiger partial charge in [0.15, 0.2) is 5.96 Å². The third-order valence-electron chi connectivity index (χ3n) is 3.61. The first kappa shape index (κ1) is 20.0. The molecule has 0 saturated heterocycles. The highest BCUT2D eigenvalue weighted by atomic mass is 79.9. The maximum atomic E-state index is 13.7. The van der Waals surface area contributed by atoms with Crippen molar-refractivity contribution in [3.63, 3.8) is 0 Å². The van der Waals surface area contributed by atoms with E-state index >= 15 is 0 Å². The number of nitrogens with one attached hydrogen (secondary N) is 3. The smallest absolute Gasteiger partial charge is 0.239 e. The van der Waals surface area contributed by atoms with Crippen LogP contribution in [-0.2, 0) is 17.8 Å². The zero-order valence-corrected chi connectivity index (χ0v) is 16.1. The highest BCUT2D eigenvalue weighted by Gasteiger charge is 2.05. The van der Waals surface area contributed by atoms with Crippen LogP contribution in [0.3, 0.4) is 0 Å². The maximum Gasteiger partial charge on any atom is 0.239 e. The number of furan rings is 1. The number of aliphatic imine (C=N–C) groups is 1. The fourth-order valence-corrected chi connectivity index (χ4v) is 2.59. The topological polar surface area (TPSA) is 78.7 Å². The summed E-state index contributed by atoms with van der Waals surface area (Å²) in [6.07, 6.45) is 2.92. The zero-order chi connectivity index (χ0) is 18.8. The molecule has 3 N–H and O–H groups in total. The number of hydrogen-bond acceptors (Lipinski definition) is 3. The van der Waals surface area contributed by atoms with Gasteiger partial charge in [0.05, 0.1) is 19.4 Å². The van der Waals surface area contributed by atoms with Crippen LogP contribution in [0.1, 0.15) is 17.7 Å². The van der Waals surface area contributed by atoms with Gasteiger partial charge in [-0.15, -0.1) is 0 Å². The molecule has 1 amide bonds. The van der Waals surface area contributed by atoms with E-state index in [9.17, 15) is 9.18 Å². The van der Waals surface area contributed by atoms with Crippen LogP contribution in [0, 0.1) is 5.82 Å². The SMILES string of the molecule is CN=C(NCCCc1ccc(Br)cc1F)NCC(=O)NCc1ccco1. The Kier molecular flexibility index (Phi) is 8.14. The fraction of sp³-hybridized carbons (Fsp3) is 0.333. The van der Waals surface area contributed by atoms with Crippen LogP contribution in [0.2, 0.25) is 0 Å². The lowest BCUT2D eigenvalue weighted by atomic mass is 10.1. The molecule has 0 radical (unpaired) electrons. The molecule has 2 rings (SSSR count). The van der Waals surface area contributed by atoms with Crippen molar-refractivity contribution in [3.8, 4) is 0 Å². The molecule has 0 unspecified atom stereocenters. The molecule has 0 fully saturated rings. The van der Waals surface area contributed by atoms with Gasteiger partial charge in [-0.2, -0.15) is 0 Å². The van der Waals surface area contributed by atoms with Crippen molar-refractivity contribution in [1.29, 1.82) is 0 Å². The molecule has 0 aliphatic carbocycles. The van der Waals surface area contributed by atoms with Gasteiger partial charge < -0.3 is 20.4 Å². The Morgan fingerprint density at radius 1 is 1.27 bits per heavy atom. The van der Waals surface area contributed by atoms with Gasteiger partial charge in [-0.25, -0.2) is 4.39 Å². The molecule has 140 valence electrons. The van der Waals surface area contributed by atoms with Crippen molar-refractivity contribution in [2.24, 2.45) is 4.99 Å². The molecule has 0 atom stereocenters. The van der Waals surface area contributed by atoms with E-state index in [1.54, 1.807) is 31.5 Å². The Labute approximate surface area is 160 Å². The summed E-state index contributed by atoms with van der Waals surface area (Å²) in [7, 11) is 1.63. The van der Waals surface area contributed by atoms with E-state index in [0.29, 0.717) is 36.8 Å². The monoisotopic (exact) mass is 424 g/mol. The molecule has 6 nitrogen and oxygen atoms in total. The van der Waals surface area contributed by atoms with Crippen molar-refractivity contribution in [2.75, 3.05) is 20.1 Å². The van der Waals surface area contributed by atoms with E-state index in [1.165, 1.54) is 6.07 Å². The number of benzene rings is 1. The van der Waals surface area contributed by atoms with Crippen LogP contribution >= 0.6 is 15.9 Å². The van der Waals surface area contributed by atoms with Crippen LogP contribution in [0.15, 0.2) is 50.5 Å². The van der Waals surface area contributed by atoms with Crippen LogP contribution in [-0.4, -0.2) is 32.0 Å². The van der Waals surface area contributed by atoms with Gasteiger partial charge in [0.25, 0.3) is 0 Å². The number of carbonyl (C=O) groups excluding carboxylic acids is 1. The maximum absolute atomic E-state index is 13.7. The van der Waals surface area contributed by atoms with Gasteiger partial charge in [-0.1, -0.05) is 22.0 Å². The number of halogens is 2.